The van der Waals surface area contributed by atoms with Gasteiger partial charge in [-0.05, 0) is 12.5 Å². The van der Waals surface area contributed by atoms with Crippen molar-refractivity contribution in [1.82, 2.24) is 24.9 Å². The Balaban J connectivity index is 2.92. The molecule has 180 valence electrons. The summed E-state index contributed by atoms with van der Waals surface area (Å²) >= 11 is 0. The van der Waals surface area contributed by atoms with Crippen LogP contribution in [0.4, 0.5) is 0 Å². The Morgan fingerprint density at radius 1 is 0.781 bits per heavy atom. The number of nitrogens with zero attached hydrogens (tertiary/aromatic N) is 7. The first kappa shape index (κ1) is 27.3. The van der Waals surface area contributed by atoms with E-state index in [1.54, 1.807) is 0 Å². The van der Waals surface area contributed by atoms with Crippen molar-refractivity contribution in [1.29, 1.82) is 0 Å². The van der Waals surface area contributed by atoms with Gasteiger partial charge in [-0.1, -0.05) is 5.11 Å². The number of carbonyl (C=O) groups excluding carboxylic acids is 4. The lowest BCUT2D eigenvalue weighted by molar-refractivity contribution is -0.123. The molecule has 1 aliphatic rings. The smallest absolute Gasteiger partial charge is 0.234 e. The van der Waals surface area contributed by atoms with E-state index >= 15 is 0 Å². The van der Waals surface area contributed by atoms with Crippen LogP contribution in [0.1, 0.15) is 6.92 Å². The predicted molar refractivity (Wildman–Crippen MR) is 117 cm³/mol. The van der Waals surface area contributed by atoms with Gasteiger partial charge in [0.15, 0.2) is 0 Å². The van der Waals surface area contributed by atoms with E-state index in [1.807, 2.05) is 19.6 Å². The molecule has 0 atom stereocenters. The Bertz CT molecular complexity index is 665. The second-order valence-electron chi connectivity index (χ2n) is 7.73. The summed E-state index contributed by atoms with van der Waals surface area (Å²) in [5.74, 6) is -1.19. The molecule has 1 heterocycles. The highest BCUT2D eigenvalue weighted by Gasteiger charge is 2.20. The Kier molecular flexibility index (Phi) is 12.9. The molecule has 0 aromatic heterocycles. The molecule has 14 heteroatoms. The van der Waals surface area contributed by atoms with E-state index in [2.05, 4.69) is 15.3 Å². The highest BCUT2D eigenvalue weighted by Crippen LogP contribution is 2.01. The van der Waals surface area contributed by atoms with Gasteiger partial charge in [-0.3, -0.25) is 38.8 Å². The summed E-state index contributed by atoms with van der Waals surface area (Å²) in [5, 5.41) is 5.80. The van der Waals surface area contributed by atoms with Crippen molar-refractivity contribution >= 4 is 23.5 Å². The SMILES string of the molecule is CC(=O)CN1CCN(CC(N)=O)CCN(CC(=O)NCN=[N+]=[N-])CCN(CC(N)=O)CC1. The molecule has 0 aromatic carbocycles. The lowest BCUT2D eigenvalue weighted by atomic mass is 10.3. The van der Waals surface area contributed by atoms with Crippen molar-refractivity contribution in [3.63, 3.8) is 0 Å². The topological polar surface area (TPSA) is 194 Å². The van der Waals surface area contributed by atoms with Crippen LogP contribution in [0.2, 0.25) is 0 Å². The van der Waals surface area contributed by atoms with Crippen molar-refractivity contribution in [2.45, 2.75) is 6.92 Å². The first-order chi connectivity index (χ1) is 15.2. The van der Waals surface area contributed by atoms with Crippen molar-refractivity contribution in [3.8, 4) is 0 Å². The molecule has 5 N–H and O–H groups in total. The Hall–Kier alpha value is -2.77. The molecule has 1 aliphatic heterocycles. The van der Waals surface area contributed by atoms with Crippen LogP contribution >= 0.6 is 0 Å². The molecular weight excluding hydrogens is 420 g/mol. The van der Waals surface area contributed by atoms with E-state index in [0.717, 1.165) is 0 Å². The summed E-state index contributed by atoms with van der Waals surface area (Å²) < 4.78 is 0. The summed E-state index contributed by atoms with van der Waals surface area (Å²) in [6.07, 6.45) is 0. The normalized spacial score (nSPS) is 18.0. The van der Waals surface area contributed by atoms with Gasteiger partial charge in [0, 0.05) is 57.3 Å². The number of ketones is 1. The number of azide groups is 1. The van der Waals surface area contributed by atoms with Crippen LogP contribution in [-0.2, 0) is 19.2 Å². The van der Waals surface area contributed by atoms with Gasteiger partial charge in [0.2, 0.25) is 17.7 Å². The van der Waals surface area contributed by atoms with Crippen molar-refractivity contribution in [2.24, 2.45) is 16.6 Å². The van der Waals surface area contributed by atoms with Gasteiger partial charge in [-0.2, -0.15) is 0 Å². The van der Waals surface area contributed by atoms with E-state index in [9.17, 15) is 19.2 Å². The third-order valence-corrected chi connectivity index (χ3v) is 4.91. The maximum absolute atomic E-state index is 12.2. The standard InChI is InChI=1S/C18H34N10O4/c1-15(29)10-25-2-4-26(11-16(19)30)6-8-28(13-18(32)22-14-23-24-21)9-7-27(5-3-25)12-17(20)31/h2-14H2,1H3,(H2,19,30)(H2,20,31)(H,22,32). The van der Waals surface area contributed by atoms with E-state index in [4.69, 9.17) is 17.0 Å². The molecule has 3 amide bonds. The van der Waals surface area contributed by atoms with E-state index < -0.39 is 11.8 Å². The van der Waals surface area contributed by atoms with Crippen LogP contribution in [0.5, 0.6) is 0 Å². The minimum atomic E-state index is -0.457. The lowest BCUT2D eigenvalue weighted by Gasteiger charge is -2.33. The fourth-order valence-corrected chi connectivity index (χ4v) is 3.38. The largest absolute Gasteiger partial charge is 0.369 e. The summed E-state index contributed by atoms with van der Waals surface area (Å²) in [6.45, 7) is 5.88. The molecule has 1 saturated heterocycles. The highest BCUT2D eigenvalue weighted by atomic mass is 16.2. The molecule has 0 aliphatic carbocycles. The molecule has 0 radical (unpaired) electrons. The van der Waals surface area contributed by atoms with Gasteiger partial charge in [0.1, 0.15) is 5.78 Å². The minimum Gasteiger partial charge on any atom is -0.369 e. The monoisotopic (exact) mass is 454 g/mol. The summed E-state index contributed by atoms with van der Waals surface area (Å²) in [4.78, 5) is 57.1. The van der Waals surface area contributed by atoms with Crippen LogP contribution in [0.3, 0.4) is 0 Å². The van der Waals surface area contributed by atoms with E-state index in [0.29, 0.717) is 52.4 Å². The molecule has 1 rings (SSSR count). The van der Waals surface area contributed by atoms with Gasteiger partial charge < -0.3 is 16.8 Å². The number of primary amides is 2. The zero-order chi connectivity index (χ0) is 23.9. The molecular formula is C18H34N10O4. The third-order valence-electron chi connectivity index (χ3n) is 4.91. The van der Waals surface area contributed by atoms with Crippen LogP contribution in [0, 0.1) is 0 Å². The average molecular weight is 455 g/mol. The fourth-order valence-electron chi connectivity index (χ4n) is 3.38. The van der Waals surface area contributed by atoms with Crippen LogP contribution < -0.4 is 16.8 Å². The maximum Gasteiger partial charge on any atom is 0.234 e. The molecule has 1 fully saturated rings. The highest BCUT2D eigenvalue weighted by molar-refractivity contribution is 5.78. The van der Waals surface area contributed by atoms with Gasteiger partial charge in [-0.15, -0.1) is 0 Å². The zero-order valence-corrected chi connectivity index (χ0v) is 18.6. The molecule has 14 nitrogen and oxygen atoms in total. The molecule has 0 unspecified atom stereocenters. The van der Waals surface area contributed by atoms with E-state index in [1.165, 1.54) is 6.92 Å². The molecule has 32 heavy (non-hydrogen) atoms. The number of nitrogens with one attached hydrogen (secondary N) is 1. The summed E-state index contributed by atoms with van der Waals surface area (Å²) in [5.41, 5.74) is 19.1. The molecule has 0 saturated carbocycles. The second-order valence-corrected chi connectivity index (χ2v) is 7.73. The molecule has 0 spiro atoms. The Morgan fingerprint density at radius 2 is 1.16 bits per heavy atom. The van der Waals surface area contributed by atoms with Crippen molar-refractivity contribution in [3.05, 3.63) is 10.4 Å². The number of carbonyl (C=O) groups is 4. The zero-order valence-electron chi connectivity index (χ0n) is 18.6. The summed E-state index contributed by atoms with van der Waals surface area (Å²) in [7, 11) is 0. The van der Waals surface area contributed by atoms with Gasteiger partial charge >= 0.3 is 0 Å². The number of rotatable bonds is 10. The van der Waals surface area contributed by atoms with Crippen molar-refractivity contribution in [2.75, 3.05) is 85.2 Å². The van der Waals surface area contributed by atoms with Gasteiger partial charge in [0.05, 0.1) is 32.8 Å². The van der Waals surface area contributed by atoms with Gasteiger partial charge in [-0.25, -0.2) is 0 Å². The summed E-state index contributed by atoms with van der Waals surface area (Å²) in [6, 6.07) is 0. The number of Topliss-reactive ketones (excluding diaryl/α,β-unsaturated/α-hetero) is 1. The number of nitrogens with two attached hydrogens (primary N) is 2. The minimum absolute atomic E-state index is 0.0258. The number of amides is 3. The van der Waals surface area contributed by atoms with Crippen LogP contribution in [0.25, 0.3) is 10.4 Å². The fraction of sp³-hybridized carbons (Fsp3) is 0.778. The average Bonchev–Trinajstić information content (AvgIpc) is 2.69. The van der Waals surface area contributed by atoms with Crippen LogP contribution in [-0.4, -0.2) is 128 Å². The molecule has 0 aromatic rings. The predicted octanol–water partition coefficient (Wildman–Crippen LogP) is -2.85. The number of hydrogen-bond donors (Lipinski definition) is 3. The second kappa shape index (κ2) is 15.1. The van der Waals surface area contributed by atoms with Crippen LogP contribution in [0.15, 0.2) is 5.11 Å². The van der Waals surface area contributed by atoms with E-state index in [-0.39, 0.29) is 44.5 Å². The molecule has 0 bridgehead atoms. The van der Waals surface area contributed by atoms with Gasteiger partial charge in [0.25, 0.3) is 0 Å². The third kappa shape index (κ3) is 12.8. The first-order valence-electron chi connectivity index (χ1n) is 10.4. The quantitative estimate of drug-likeness (QED) is 0.178. The Morgan fingerprint density at radius 3 is 1.50 bits per heavy atom. The maximum atomic E-state index is 12.2. The van der Waals surface area contributed by atoms with Crippen molar-refractivity contribution < 1.29 is 19.2 Å². The lowest BCUT2D eigenvalue weighted by Crippen LogP contribution is -2.50. The Labute approximate surface area is 187 Å². The number of hydrogen-bond acceptors (Lipinski definition) is 9. The first-order valence-corrected chi connectivity index (χ1v) is 10.4.